The van der Waals surface area contributed by atoms with Gasteiger partial charge in [-0.25, -0.2) is 0 Å². The Kier molecular flexibility index (Phi) is 1.17. The van der Waals surface area contributed by atoms with E-state index in [0.717, 1.165) is 0 Å². The van der Waals surface area contributed by atoms with Gasteiger partial charge in [-0.05, 0) is 24.0 Å². The van der Waals surface area contributed by atoms with Gasteiger partial charge in [-0.2, -0.15) is 0 Å². The second-order valence-electron chi connectivity index (χ2n) is 3.91. The molecule has 1 unspecified atom stereocenters. The summed E-state index contributed by atoms with van der Waals surface area (Å²) in [5.41, 5.74) is 2.81. The van der Waals surface area contributed by atoms with Crippen LogP contribution in [-0.2, 0) is 0 Å². The van der Waals surface area contributed by atoms with Crippen molar-refractivity contribution >= 4 is 0 Å². The van der Waals surface area contributed by atoms with Crippen molar-refractivity contribution < 1.29 is 5.11 Å². The molecule has 0 saturated heterocycles. The minimum Gasteiger partial charge on any atom is -0.392 e. The maximum Gasteiger partial charge on any atom is 0.0677 e. The fourth-order valence-corrected chi connectivity index (χ4v) is 2.85. The lowest BCUT2D eigenvalue weighted by Gasteiger charge is -2.12. The quantitative estimate of drug-likeness (QED) is 0.615. The number of aliphatic hydroxyl groups is 1. The van der Waals surface area contributed by atoms with Crippen molar-refractivity contribution in [3.05, 3.63) is 35.4 Å². The summed E-state index contributed by atoms with van der Waals surface area (Å²) in [4.78, 5) is 0. The highest BCUT2D eigenvalue weighted by atomic mass is 16.3. The lowest BCUT2D eigenvalue weighted by Crippen LogP contribution is -2.08. The van der Waals surface area contributed by atoms with E-state index in [9.17, 15) is 5.11 Å². The topological polar surface area (TPSA) is 20.2 Å². The van der Waals surface area contributed by atoms with E-state index in [-0.39, 0.29) is 6.10 Å². The van der Waals surface area contributed by atoms with E-state index in [1.165, 1.54) is 24.0 Å². The number of hydrogen-bond donors (Lipinski definition) is 1. The SMILES string of the molecule is OC1[C@@H]2CC[C@H]1c1ccccc12. The zero-order valence-electron chi connectivity index (χ0n) is 6.90. The third-order valence-corrected chi connectivity index (χ3v) is 3.41. The molecular formula is C11H12O. The van der Waals surface area contributed by atoms with Crippen LogP contribution < -0.4 is 0 Å². The van der Waals surface area contributed by atoms with Crippen LogP contribution in [0.25, 0.3) is 0 Å². The van der Waals surface area contributed by atoms with Gasteiger partial charge in [0.2, 0.25) is 0 Å². The summed E-state index contributed by atoms with van der Waals surface area (Å²) in [6.07, 6.45) is 2.29. The molecule has 0 heterocycles. The molecule has 12 heavy (non-hydrogen) atoms. The molecule has 1 nitrogen and oxygen atoms in total. The first-order valence-corrected chi connectivity index (χ1v) is 4.65. The highest BCUT2D eigenvalue weighted by molar-refractivity contribution is 5.43. The zero-order valence-corrected chi connectivity index (χ0v) is 6.90. The first-order chi connectivity index (χ1) is 5.88. The molecule has 0 amide bonds. The predicted octanol–water partition coefficient (Wildman–Crippen LogP) is 2.02. The number of aliphatic hydroxyl groups excluding tert-OH is 1. The average molecular weight is 160 g/mol. The fourth-order valence-electron chi connectivity index (χ4n) is 2.85. The van der Waals surface area contributed by atoms with Crippen molar-refractivity contribution in [3.8, 4) is 0 Å². The van der Waals surface area contributed by atoms with Crippen LogP contribution in [0.1, 0.15) is 35.8 Å². The molecular weight excluding hydrogens is 148 g/mol. The second kappa shape index (κ2) is 2.11. The van der Waals surface area contributed by atoms with Gasteiger partial charge < -0.3 is 5.11 Å². The van der Waals surface area contributed by atoms with Crippen LogP contribution >= 0.6 is 0 Å². The van der Waals surface area contributed by atoms with Crippen molar-refractivity contribution in [1.29, 1.82) is 0 Å². The first-order valence-electron chi connectivity index (χ1n) is 4.65. The summed E-state index contributed by atoms with van der Waals surface area (Å²) >= 11 is 0. The molecule has 3 rings (SSSR count). The van der Waals surface area contributed by atoms with Gasteiger partial charge in [-0.3, -0.25) is 0 Å². The van der Waals surface area contributed by atoms with Crippen LogP contribution in [0.15, 0.2) is 24.3 Å². The molecule has 62 valence electrons. The Morgan fingerprint density at radius 3 is 2.00 bits per heavy atom. The normalized spacial score (nSPS) is 36.9. The van der Waals surface area contributed by atoms with Crippen LogP contribution in [0.4, 0.5) is 0 Å². The highest BCUT2D eigenvalue weighted by Crippen LogP contribution is 2.52. The molecule has 1 saturated carbocycles. The summed E-state index contributed by atoms with van der Waals surface area (Å²) in [6.45, 7) is 0. The monoisotopic (exact) mass is 160 g/mol. The molecule has 1 aromatic rings. The summed E-state index contributed by atoms with van der Waals surface area (Å²) in [5, 5.41) is 9.85. The molecule has 1 heteroatoms. The van der Waals surface area contributed by atoms with E-state index in [4.69, 9.17) is 0 Å². The Balaban J connectivity index is 2.21. The van der Waals surface area contributed by atoms with Gasteiger partial charge in [0.1, 0.15) is 0 Å². The average Bonchev–Trinajstić information content (AvgIpc) is 2.61. The Bertz CT molecular complexity index is 288. The lowest BCUT2D eigenvalue weighted by atomic mass is 9.92. The lowest BCUT2D eigenvalue weighted by molar-refractivity contribution is 0.159. The molecule has 0 spiro atoms. The predicted molar refractivity (Wildman–Crippen MR) is 47.2 cm³/mol. The van der Waals surface area contributed by atoms with E-state index in [1.807, 2.05) is 0 Å². The fraction of sp³-hybridized carbons (Fsp3) is 0.455. The molecule has 1 fully saturated rings. The molecule has 1 aromatic carbocycles. The summed E-state index contributed by atoms with van der Waals surface area (Å²) in [5.74, 6) is 0.900. The van der Waals surface area contributed by atoms with Crippen molar-refractivity contribution in [2.24, 2.45) is 0 Å². The Morgan fingerprint density at radius 2 is 1.50 bits per heavy atom. The number of rotatable bonds is 0. The maximum absolute atomic E-state index is 9.85. The van der Waals surface area contributed by atoms with E-state index in [0.29, 0.717) is 11.8 Å². The van der Waals surface area contributed by atoms with Gasteiger partial charge >= 0.3 is 0 Å². The zero-order chi connectivity index (χ0) is 8.13. The Labute approximate surface area is 72.0 Å². The molecule has 2 aliphatic carbocycles. The summed E-state index contributed by atoms with van der Waals surface area (Å²) < 4.78 is 0. The Hall–Kier alpha value is -0.820. The minimum atomic E-state index is -0.0811. The van der Waals surface area contributed by atoms with E-state index in [2.05, 4.69) is 24.3 Å². The third kappa shape index (κ3) is 0.632. The van der Waals surface area contributed by atoms with E-state index in [1.54, 1.807) is 0 Å². The molecule has 0 radical (unpaired) electrons. The van der Waals surface area contributed by atoms with Crippen molar-refractivity contribution in [2.45, 2.75) is 30.8 Å². The van der Waals surface area contributed by atoms with Crippen LogP contribution in [0, 0.1) is 0 Å². The largest absolute Gasteiger partial charge is 0.392 e. The third-order valence-electron chi connectivity index (χ3n) is 3.41. The standard InChI is InChI=1S/C11H12O/c12-11-9-5-6-10(11)8-4-2-1-3-7(8)9/h1-4,9-12H,5-6H2/t9-,10+,11?. The smallest absolute Gasteiger partial charge is 0.0677 e. The van der Waals surface area contributed by atoms with Crippen LogP contribution in [0.5, 0.6) is 0 Å². The van der Waals surface area contributed by atoms with E-state index < -0.39 is 0 Å². The molecule has 1 N–H and O–H groups in total. The molecule has 2 aliphatic rings. The van der Waals surface area contributed by atoms with Gasteiger partial charge in [0.25, 0.3) is 0 Å². The molecule has 3 atom stereocenters. The van der Waals surface area contributed by atoms with Crippen LogP contribution in [0.2, 0.25) is 0 Å². The van der Waals surface area contributed by atoms with Crippen molar-refractivity contribution in [1.82, 2.24) is 0 Å². The summed E-state index contributed by atoms with van der Waals surface area (Å²) in [6, 6.07) is 8.49. The van der Waals surface area contributed by atoms with Crippen molar-refractivity contribution in [3.63, 3.8) is 0 Å². The second-order valence-corrected chi connectivity index (χ2v) is 3.91. The van der Waals surface area contributed by atoms with Gasteiger partial charge in [-0.15, -0.1) is 0 Å². The van der Waals surface area contributed by atoms with Crippen LogP contribution in [-0.4, -0.2) is 11.2 Å². The number of benzene rings is 1. The minimum absolute atomic E-state index is 0.0811. The summed E-state index contributed by atoms with van der Waals surface area (Å²) in [7, 11) is 0. The first kappa shape index (κ1) is 6.67. The molecule has 0 aliphatic heterocycles. The van der Waals surface area contributed by atoms with Crippen LogP contribution in [0.3, 0.4) is 0 Å². The van der Waals surface area contributed by atoms with E-state index >= 15 is 0 Å². The number of hydrogen-bond acceptors (Lipinski definition) is 1. The maximum atomic E-state index is 9.85. The Morgan fingerprint density at radius 1 is 1.00 bits per heavy atom. The number of fused-ring (bicyclic) bond motifs is 5. The van der Waals surface area contributed by atoms with Gasteiger partial charge in [0.15, 0.2) is 0 Å². The molecule has 0 aromatic heterocycles. The van der Waals surface area contributed by atoms with Gasteiger partial charge in [-0.1, -0.05) is 24.3 Å². The van der Waals surface area contributed by atoms with Gasteiger partial charge in [0.05, 0.1) is 6.10 Å². The highest BCUT2D eigenvalue weighted by Gasteiger charge is 2.44. The van der Waals surface area contributed by atoms with Gasteiger partial charge in [0, 0.05) is 11.8 Å². The molecule has 2 bridgehead atoms. The van der Waals surface area contributed by atoms with Crippen molar-refractivity contribution in [2.75, 3.05) is 0 Å².